The lowest BCUT2D eigenvalue weighted by Gasteiger charge is -2.32. The highest BCUT2D eigenvalue weighted by molar-refractivity contribution is 5.79. The molecule has 0 heterocycles. The Bertz CT molecular complexity index is 498. The SMILES string of the molecule is CCOC(=O)C(F)(F)C(C)(O)c1cc(C)ccc1OC. The van der Waals surface area contributed by atoms with Crippen LogP contribution in [0.5, 0.6) is 5.75 Å². The molecule has 1 rings (SSSR count). The molecule has 0 bridgehead atoms. The third-order valence-corrected chi connectivity index (χ3v) is 3.02. The van der Waals surface area contributed by atoms with Gasteiger partial charge in [-0.15, -0.1) is 0 Å². The first-order valence-corrected chi connectivity index (χ1v) is 6.11. The van der Waals surface area contributed by atoms with Crippen LogP contribution in [0.3, 0.4) is 0 Å². The minimum Gasteiger partial charge on any atom is -0.496 e. The van der Waals surface area contributed by atoms with Crippen molar-refractivity contribution in [1.82, 2.24) is 0 Å². The zero-order chi connectivity index (χ0) is 15.6. The molecular formula is C14H18F2O4. The Morgan fingerprint density at radius 2 is 2.00 bits per heavy atom. The van der Waals surface area contributed by atoms with Crippen LogP contribution in [0.25, 0.3) is 0 Å². The molecule has 112 valence electrons. The first-order chi connectivity index (χ1) is 9.18. The summed E-state index contributed by atoms with van der Waals surface area (Å²) in [5, 5.41) is 10.2. The zero-order valence-electron chi connectivity index (χ0n) is 11.9. The van der Waals surface area contributed by atoms with E-state index in [2.05, 4.69) is 4.74 Å². The Kier molecular flexibility index (Phi) is 4.70. The minimum absolute atomic E-state index is 0.0737. The molecule has 0 aliphatic carbocycles. The van der Waals surface area contributed by atoms with Gasteiger partial charge < -0.3 is 14.6 Å². The highest BCUT2D eigenvalue weighted by Gasteiger charge is 2.58. The lowest BCUT2D eigenvalue weighted by molar-refractivity contribution is -0.212. The van der Waals surface area contributed by atoms with E-state index in [0.29, 0.717) is 5.56 Å². The number of halogens is 2. The van der Waals surface area contributed by atoms with Gasteiger partial charge in [0.15, 0.2) is 5.60 Å². The molecule has 1 aromatic carbocycles. The van der Waals surface area contributed by atoms with E-state index >= 15 is 0 Å². The summed E-state index contributed by atoms with van der Waals surface area (Å²) in [4.78, 5) is 11.4. The second-order valence-electron chi connectivity index (χ2n) is 4.57. The summed E-state index contributed by atoms with van der Waals surface area (Å²) in [6.07, 6.45) is 0. The van der Waals surface area contributed by atoms with Crippen LogP contribution in [-0.4, -0.2) is 30.7 Å². The standard InChI is InChI=1S/C14H18F2O4/c1-5-20-12(17)14(15,16)13(3,18)10-8-9(2)6-7-11(10)19-4/h6-8,18H,5H2,1-4H3. The second kappa shape index (κ2) is 5.75. The molecule has 1 unspecified atom stereocenters. The summed E-state index contributed by atoms with van der Waals surface area (Å²) in [6, 6.07) is 4.47. The Hall–Kier alpha value is -1.69. The van der Waals surface area contributed by atoms with E-state index in [0.717, 1.165) is 6.92 Å². The van der Waals surface area contributed by atoms with E-state index in [1.54, 1.807) is 13.0 Å². The molecule has 6 heteroatoms. The van der Waals surface area contributed by atoms with Crippen molar-refractivity contribution in [3.63, 3.8) is 0 Å². The third-order valence-electron chi connectivity index (χ3n) is 3.02. The van der Waals surface area contributed by atoms with Crippen LogP contribution in [0, 0.1) is 6.92 Å². The Balaban J connectivity index is 3.34. The van der Waals surface area contributed by atoms with Crippen molar-refractivity contribution in [2.45, 2.75) is 32.3 Å². The zero-order valence-corrected chi connectivity index (χ0v) is 11.9. The lowest BCUT2D eigenvalue weighted by atomic mass is 9.87. The molecule has 0 amide bonds. The molecule has 0 saturated carbocycles. The number of carbonyl (C=O) groups is 1. The van der Waals surface area contributed by atoms with Crippen LogP contribution in [-0.2, 0) is 15.1 Å². The predicted octanol–water partition coefficient (Wildman–Crippen LogP) is 2.41. The summed E-state index contributed by atoms with van der Waals surface area (Å²) >= 11 is 0. The van der Waals surface area contributed by atoms with Crippen LogP contribution in [0.4, 0.5) is 8.78 Å². The molecule has 0 fully saturated rings. The Morgan fingerprint density at radius 3 is 2.50 bits per heavy atom. The van der Waals surface area contributed by atoms with Crippen LogP contribution in [0.15, 0.2) is 18.2 Å². The smallest absolute Gasteiger partial charge is 0.380 e. The van der Waals surface area contributed by atoms with Gasteiger partial charge in [0.1, 0.15) is 5.75 Å². The number of hydrogen-bond donors (Lipinski definition) is 1. The Morgan fingerprint density at radius 1 is 1.40 bits per heavy atom. The number of aryl methyl sites for hydroxylation is 1. The van der Waals surface area contributed by atoms with E-state index in [1.165, 1.54) is 26.2 Å². The maximum Gasteiger partial charge on any atom is 0.380 e. The number of ether oxygens (including phenoxy) is 2. The molecule has 0 aromatic heterocycles. The molecule has 0 aliphatic heterocycles. The fourth-order valence-electron chi connectivity index (χ4n) is 1.79. The number of carbonyl (C=O) groups excluding carboxylic acids is 1. The molecule has 0 saturated heterocycles. The summed E-state index contributed by atoms with van der Waals surface area (Å²) in [5.74, 6) is -5.79. The molecule has 20 heavy (non-hydrogen) atoms. The number of benzene rings is 1. The van der Waals surface area contributed by atoms with Gasteiger partial charge in [-0.1, -0.05) is 11.6 Å². The predicted molar refractivity (Wildman–Crippen MR) is 68.9 cm³/mol. The average Bonchev–Trinajstić information content (AvgIpc) is 2.38. The van der Waals surface area contributed by atoms with Crippen LogP contribution >= 0.6 is 0 Å². The monoisotopic (exact) mass is 288 g/mol. The van der Waals surface area contributed by atoms with Crippen molar-refractivity contribution in [1.29, 1.82) is 0 Å². The normalized spacial score (nSPS) is 14.6. The van der Waals surface area contributed by atoms with Crippen molar-refractivity contribution >= 4 is 5.97 Å². The molecule has 1 N–H and O–H groups in total. The fourth-order valence-corrected chi connectivity index (χ4v) is 1.79. The molecule has 0 spiro atoms. The Labute approximate surface area is 116 Å². The number of methoxy groups -OCH3 is 1. The maximum absolute atomic E-state index is 14.1. The quantitative estimate of drug-likeness (QED) is 0.845. The molecule has 4 nitrogen and oxygen atoms in total. The van der Waals surface area contributed by atoms with Gasteiger partial charge in [-0.25, -0.2) is 4.79 Å². The van der Waals surface area contributed by atoms with Crippen LogP contribution in [0.1, 0.15) is 25.0 Å². The summed E-state index contributed by atoms with van der Waals surface area (Å²) in [5.41, 5.74) is -2.25. The van der Waals surface area contributed by atoms with Crippen molar-refractivity contribution in [2.75, 3.05) is 13.7 Å². The number of rotatable bonds is 5. The highest BCUT2D eigenvalue weighted by atomic mass is 19.3. The highest BCUT2D eigenvalue weighted by Crippen LogP contribution is 2.42. The van der Waals surface area contributed by atoms with E-state index in [4.69, 9.17) is 4.74 Å². The summed E-state index contributed by atoms with van der Waals surface area (Å²) < 4.78 is 37.6. The van der Waals surface area contributed by atoms with Crippen LogP contribution in [0.2, 0.25) is 0 Å². The van der Waals surface area contributed by atoms with Gasteiger partial charge in [-0.2, -0.15) is 8.78 Å². The van der Waals surface area contributed by atoms with Gasteiger partial charge in [-0.05, 0) is 32.9 Å². The van der Waals surface area contributed by atoms with Gasteiger partial charge in [0.05, 0.1) is 13.7 Å². The van der Waals surface area contributed by atoms with Crippen LogP contribution < -0.4 is 4.74 Å². The van der Waals surface area contributed by atoms with Gasteiger partial charge in [0.25, 0.3) is 0 Å². The van der Waals surface area contributed by atoms with E-state index < -0.39 is 17.5 Å². The average molecular weight is 288 g/mol. The molecule has 1 aromatic rings. The fraction of sp³-hybridized carbons (Fsp3) is 0.500. The first-order valence-electron chi connectivity index (χ1n) is 6.11. The minimum atomic E-state index is -4.09. The van der Waals surface area contributed by atoms with Crippen molar-refractivity contribution in [2.24, 2.45) is 0 Å². The van der Waals surface area contributed by atoms with E-state index in [-0.39, 0.29) is 17.9 Å². The number of aliphatic hydroxyl groups is 1. The summed E-state index contributed by atoms with van der Waals surface area (Å²) in [6.45, 7) is 3.76. The maximum atomic E-state index is 14.1. The first kappa shape index (κ1) is 16.4. The van der Waals surface area contributed by atoms with Crippen molar-refractivity contribution in [3.05, 3.63) is 29.3 Å². The third kappa shape index (κ3) is 2.75. The molecule has 0 aliphatic rings. The van der Waals surface area contributed by atoms with Crippen molar-refractivity contribution < 1.29 is 28.2 Å². The molecule has 0 radical (unpaired) electrons. The number of alkyl halides is 2. The molecular weight excluding hydrogens is 270 g/mol. The number of hydrogen-bond acceptors (Lipinski definition) is 4. The summed E-state index contributed by atoms with van der Waals surface area (Å²) in [7, 11) is 1.30. The van der Waals surface area contributed by atoms with E-state index in [1.807, 2.05) is 0 Å². The molecule has 1 atom stereocenters. The van der Waals surface area contributed by atoms with Gasteiger partial charge >= 0.3 is 11.9 Å². The topological polar surface area (TPSA) is 55.8 Å². The lowest BCUT2D eigenvalue weighted by Crippen LogP contribution is -2.50. The van der Waals surface area contributed by atoms with E-state index in [9.17, 15) is 18.7 Å². The number of esters is 1. The van der Waals surface area contributed by atoms with Gasteiger partial charge in [-0.3, -0.25) is 0 Å². The largest absolute Gasteiger partial charge is 0.496 e. The second-order valence-corrected chi connectivity index (χ2v) is 4.57. The van der Waals surface area contributed by atoms with Gasteiger partial charge in [0.2, 0.25) is 0 Å². The van der Waals surface area contributed by atoms with Crippen molar-refractivity contribution in [3.8, 4) is 5.75 Å². The van der Waals surface area contributed by atoms with Gasteiger partial charge in [0, 0.05) is 5.56 Å².